The maximum Gasteiger partial charge on any atom is 0.103 e. The average molecular weight is 222 g/mol. The fourth-order valence-electron chi connectivity index (χ4n) is 1.66. The van der Waals surface area contributed by atoms with Crippen molar-refractivity contribution in [3.63, 3.8) is 0 Å². The molecule has 0 bridgehead atoms. The molecule has 1 aromatic rings. The summed E-state index contributed by atoms with van der Waals surface area (Å²) in [7, 11) is 0. The Kier molecular flexibility index (Phi) is 4.97. The van der Waals surface area contributed by atoms with Gasteiger partial charge in [0, 0.05) is 0 Å². The molecule has 90 valence electrons. The summed E-state index contributed by atoms with van der Waals surface area (Å²) in [6.07, 6.45) is 0.662. The fraction of sp³-hybridized carbons (Fsp3) is 0.571. The highest BCUT2D eigenvalue weighted by Crippen LogP contribution is 2.19. The summed E-state index contributed by atoms with van der Waals surface area (Å²) >= 11 is 0. The van der Waals surface area contributed by atoms with Gasteiger partial charge in [-0.05, 0) is 38.3 Å². The van der Waals surface area contributed by atoms with Gasteiger partial charge in [-0.3, -0.25) is 0 Å². The van der Waals surface area contributed by atoms with Crippen LogP contribution < -0.4 is 0 Å². The molecular formula is C14H22O2. The van der Waals surface area contributed by atoms with E-state index in [2.05, 4.69) is 19.9 Å². The molecule has 0 spiro atoms. The molecule has 1 rings (SSSR count). The van der Waals surface area contributed by atoms with Gasteiger partial charge in [0.25, 0.3) is 0 Å². The van der Waals surface area contributed by atoms with Gasteiger partial charge < -0.3 is 9.84 Å². The first-order valence-corrected chi connectivity index (χ1v) is 5.91. The number of aliphatic hydroxyl groups excluding tert-OH is 1. The van der Waals surface area contributed by atoms with Crippen LogP contribution in [0, 0.1) is 13.8 Å². The highest BCUT2D eigenvalue weighted by Gasteiger charge is 2.11. The minimum absolute atomic E-state index is 0.209. The van der Waals surface area contributed by atoms with Crippen LogP contribution in [0.25, 0.3) is 0 Å². The Balaban J connectivity index is 2.62. The fourth-order valence-corrected chi connectivity index (χ4v) is 1.66. The zero-order chi connectivity index (χ0) is 12.1. The SMILES string of the molecule is CCC(C)OCC(O)c1ccc(C)cc1C. The first-order chi connectivity index (χ1) is 7.54. The second-order valence-corrected chi connectivity index (χ2v) is 4.43. The van der Waals surface area contributed by atoms with E-state index in [0.29, 0.717) is 6.61 Å². The summed E-state index contributed by atoms with van der Waals surface area (Å²) in [5, 5.41) is 10.0. The molecule has 2 nitrogen and oxygen atoms in total. The van der Waals surface area contributed by atoms with E-state index in [1.165, 1.54) is 5.56 Å². The number of hydrogen-bond donors (Lipinski definition) is 1. The number of rotatable bonds is 5. The zero-order valence-corrected chi connectivity index (χ0v) is 10.7. The van der Waals surface area contributed by atoms with Crippen molar-refractivity contribution in [2.75, 3.05) is 6.61 Å². The Labute approximate surface area is 98.3 Å². The van der Waals surface area contributed by atoms with Gasteiger partial charge in [-0.1, -0.05) is 30.7 Å². The third kappa shape index (κ3) is 3.62. The minimum Gasteiger partial charge on any atom is -0.386 e. The van der Waals surface area contributed by atoms with Crippen molar-refractivity contribution < 1.29 is 9.84 Å². The maximum atomic E-state index is 10.0. The molecule has 0 aliphatic rings. The largest absolute Gasteiger partial charge is 0.386 e. The molecular weight excluding hydrogens is 200 g/mol. The van der Waals surface area contributed by atoms with E-state index in [1.54, 1.807) is 0 Å². The van der Waals surface area contributed by atoms with Gasteiger partial charge in [-0.15, -0.1) is 0 Å². The van der Waals surface area contributed by atoms with E-state index >= 15 is 0 Å². The van der Waals surface area contributed by atoms with Crippen molar-refractivity contribution in [1.29, 1.82) is 0 Å². The first-order valence-electron chi connectivity index (χ1n) is 5.91. The van der Waals surface area contributed by atoms with Crippen molar-refractivity contribution in [2.24, 2.45) is 0 Å². The molecule has 2 unspecified atom stereocenters. The monoisotopic (exact) mass is 222 g/mol. The van der Waals surface area contributed by atoms with Crippen molar-refractivity contribution in [3.05, 3.63) is 34.9 Å². The minimum atomic E-state index is -0.519. The lowest BCUT2D eigenvalue weighted by Crippen LogP contribution is -2.14. The van der Waals surface area contributed by atoms with Crippen molar-refractivity contribution in [1.82, 2.24) is 0 Å². The summed E-state index contributed by atoms with van der Waals surface area (Å²) in [6, 6.07) is 6.09. The molecule has 0 aromatic heterocycles. The van der Waals surface area contributed by atoms with Gasteiger partial charge >= 0.3 is 0 Å². The number of benzene rings is 1. The Morgan fingerprint density at radius 3 is 2.56 bits per heavy atom. The predicted octanol–water partition coefficient (Wildman–Crippen LogP) is 3.15. The number of ether oxygens (including phenoxy) is 1. The topological polar surface area (TPSA) is 29.5 Å². The molecule has 0 fully saturated rings. The quantitative estimate of drug-likeness (QED) is 0.829. The first kappa shape index (κ1) is 13.2. The molecule has 1 N–H and O–H groups in total. The van der Waals surface area contributed by atoms with E-state index in [-0.39, 0.29) is 6.10 Å². The van der Waals surface area contributed by atoms with Crippen LogP contribution in [0.4, 0.5) is 0 Å². The summed E-state index contributed by atoms with van der Waals surface area (Å²) in [5.41, 5.74) is 3.31. The van der Waals surface area contributed by atoms with Crippen molar-refractivity contribution in [3.8, 4) is 0 Å². The standard InChI is InChI=1S/C14H22O2/c1-5-12(4)16-9-14(15)13-7-6-10(2)8-11(13)3/h6-8,12,14-15H,5,9H2,1-4H3. The Morgan fingerprint density at radius 2 is 2.00 bits per heavy atom. The maximum absolute atomic E-state index is 10.0. The molecule has 0 saturated heterocycles. The van der Waals surface area contributed by atoms with Gasteiger partial charge in [-0.25, -0.2) is 0 Å². The van der Waals surface area contributed by atoms with Crippen molar-refractivity contribution in [2.45, 2.75) is 46.3 Å². The number of aryl methyl sites for hydroxylation is 2. The second-order valence-electron chi connectivity index (χ2n) is 4.43. The van der Waals surface area contributed by atoms with Gasteiger partial charge in [-0.2, -0.15) is 0 Å². The molecule has 2 atom stereocenters. The summed E-state index contributed by atoms with van der Waals surface area (Å²) in [6.45, 7) is 8.55. The Bertz CT molecular complexity index is 334. The molecule has 1 aromatic carbocycles. The molecule has 0 aliphatic carbocycles. The lowest BCUT2D eigenvalue weighted by atomic mass is 10.0. The highest BCUT2D eigenvalue weighted by molar-refractivity contribution is 5.31. The van der Waals surface area contributed by atoms with Crippen LogP contribution in [0.3, 0.4) is 0 Å². The summed E-state index contributed by atoms with van der Waals surface area (Å²) < 4.78 is 5.54. The molecule has 0 radical (unpaired) electrons. The lowest BCUT2D eigenvalue weighted by Gasteiger charge is -2.17. The van der Waals surface area contributed by atoms with Crippen molar-refractivity contribution >= 4 is 0 Å². The molecule has 16 heavy (non-hydrogen) atoms. The zero-order valence-electron chi connectivity index (χ0n) is 10.7. The van der Waals surface area contributed by atoms with E-state index in [1.807, 2.05) is 26.0 Å². The molecule has 2 heteroatoms. The normalized spacial score (nSPS) is 14.8. The van der Waals surface area contributed by atoms with Gasteiger partial charge in [0.15, 0.2) is 0 Å². The van der Waals surface area contributed by atoms with E-state index in [4.69, 9.17) is 4.74 Å². The number of hydrogen-bond acceptors (Lipinski definition) is 2. The van der Waals surface area contributed by atoms with E-state index in [0.717, 1.165) is 17.5 Å². The third-order valence-corrected chi connectivity index (χ3v) is 2.90. The van der Waals surface area contributed by atoms with Gasteiger partial charge in [0.05, 0.1) is 12.7 Å². The Morgan fingerprint density at radius 1 is 1.31 bits per heavy atom. The smallest absolute Gasteiger partial charge is 0.103 e. The molecule has 0 saturated carbocycles. The van der Waals surface area contributed by atoms with Crippen LogP contribution in [0.2, 0.25) is 0 Å². The molecule has 0 amide bonds. The lowest BCUT2D eigenvalue weighted by molar-refractivity contribution is -0.00396. The van der Waals surface area contributed by atoms with E-state index < -0.39 is 6.10 Å². The van der Waals surface area contributed by atoms with Gasteiger partial charge in [0.1, 0.15) is 6.10 Å². The third-order valence-electron chi connectivity index (χ3n) is 2.90. The van der Waals surface area contributed by atoms with E-state index in [9.17, 15) is 5.11 Å². The summed E-state index contributed by atoms with van der Waals surface area (Å²) in [5.74, 6) is 0. The highest BCUT2D eigenvalue weighted by atomic mass is 16.5. The van der Waals surface area contributed by atoms with Crippen LogP contribution >= 0.6 is 0 Å². The van der Waals surface area contributed by atoms with Crippen LogP contribution in [0.15, 0.2) is 18.2 Å². The summed E-state index contributed by atoms with van der Waals surface area (Å²) in [4.78, 5) is 0. The van der Waals surface area contributed by atoms with Crippen LogP contribution in [0.5, 0.6) is 0 Å². The van der Waals surface area contributed by atoms with Crippen LogP contribution in [0.1, 0.15) is 43.1 Å². The average Bonchev–Trinajstić information content (AvgIpc) is 2.25. The molecule has 0 aliphatic heterocycles. The Hall–Kier alpha value is -0.860. The number of aliphatic hydroxyl groups is 1. The molecule has 0 heterocycles. The van der Waals surface area contributed by atoms with Crippen LogP contribution in [-0.4, -0.2) is 17.8 Å². The van der Waals surface area contributed by atoms with Gasteiger partial charge in [0.2, 0.25) is 0 Å². The predicted molar refractivity (Wildman–Crippen MR) is 66.6 cm³/mol. The second kappa shape index (κ2) is 6.02. The van der Waals surface area contributed by atoms with Crippen LogP contribution in [-0.2, 0) is 4.74 Å².